The molecule has 126 valence electrons. The van der Waals surface area contributed by atoms with Crippen LogP contribution < -0.4 is 10.6 Å². The number of anilines is 1. The van der Waals surface area contributed by atoms with Gasteiger partial charge in [0.1, 0.15) is 0 Å². The molecule has 0 bridgehead atoms. The monoisotopic (exact) mass is 323 g/mol. The van der Waals surface area contributed by atoms with Gasteiger partial charge in [0, 0.05) is 24.3 Å². The van der Waals surface area contributed by atoms with Crippen LogP contribution in [0.3, 0.4) is 0 Å². The molecule has 0 spiro atoms. The normalized spacial score (nSPS) is 15.2. The van der Waals surface area contributed by atoms with Crippen molar-refractivity contribution in [2.45, 2.75) is 19.3 Å². The first-order valence-corrected chi connectivity index (χ1v) is 8.68. The van der Waals surface area contributed by atoms with Gasteiger partial charge in [0.15, 0.2) is 0 Å². The van der Waals surface area contributed by atoms with Gasteiger partial charge in [-0.25, -0.2) is 0 Å². The topological polar surface area (TPSA) is 44.4 Å². The van der Waals surface area contributed by atoms with Gasteiger partial charge in [-0.3, -0.25) is 4.79 Å². The summed E-state index contributed by atoms with van der Waals surface area (Å²) in [6, 6.07) is 11.9. The van der Waals surface area contributed by atoms with E-state index in [1.165, 1.54) is 19.3 Å². The molecular formula is C20H25N3O. The molecule has 1 amide bonds. The van der Waals surface area contributed by atoms with E-state index >= 15 is 0 Å². The SMILES string of the molecule is C=CNc1ccc2cc(C(=O)NCCN3CCCCC3)ccc2c1. The lowest BCUT2D eigenvalue weighted by Crippen LogP contribution is -2.37. The average Bonchev–Trinajstić information content (AvgIpc) is 2.62. The molecule has 0 saturated carbocycles. The van der Waals surface area contributed by atoms with Gasteiger partial charge in [-0.05, 0) is 67.2 Å². The van der Waals surface area contributed by atoms with Crippen LogP contribution in [0.2, 0.25) is 0 Å². The number of rotatable bonds is 6. The Labute approximate surface area is 143 Å². The van der Waals surface area contributed by atoms with Gasteiger partial charge in [-0.1, -0.05) is 25.1 Å². The minimum atomic E-state index is 0.00204. The quantitative estimate of drug-likeness (QED) is 0.853. The van der Waals surface area contributed by atoms with Gasteiger partial charge >= 0.3 is 0 Å². The largest absolute Gasteiger partial charge is 0.362 e. The molecule has 1 aliphatic heterocycles. The molecule has 2 N–H and O–H groups in total. The second-order valence-corrected chi connectivity index (χ2v) is 6.28. The van der Waals surface area contributed by atoms with E-state index in [-0.39, 0.29) is 5.91 Å². The zero-order valence-electron chi connectivity index (χ0n) is 14.1. The van der Waals surface area contributed by atoms with Crippen LogP contribution in [0.1, 0.15) is 29.6 Å². The number of carbonyl (C=O) groups is 1. The lowest BCUT2D eigenvalue weighted by atomic mass is 10.1. The van der Waals surface area contributed by atoms with Crippen LogP contribution in [0, 0.1) is 0 Å². The number of fused-ring (bicyclic) bond motifs is 1. The van der Waals surface area contributed by atoms with E-state index in [9.17, 15) is 4.79 Å². The van der Waals surface area contributed by atoms with Crippen molar-refractivity contribution in [2.24, 2.45) is 0 Å². The van der Waals surface area contributed by atoms with Gasteiger partial charge < -0.3 is 15.5 Å². The Bertz CT molecular complexity index is 720. The summed E-state index contributed by atoms with van der Waals surface area (Å²) in [5.74, 6) is 0.00204. The Morgan fingerprint density at radius 2 is 1.83 bits per heavy atom. The van der Waals surface area contributed by atoms with Crippen molar-refractivity contribution >= 4 is 22.4 Å². The molecule has 4 heteroatoms. The lowest BCUT2D eigenvalue weighted by Gasteiger charge is -2.26. The number of benzene rings is 2. The Morgan fingerprint density at radius 3 is 2.62 bits per heavy atom. The number of likely N-dealkylation sites (tertiary alicyclic amines) is 1. The highest BCUT2D eigenvalue weighted by Crippen LogP contribution is 2.20. The fourth-order valence-electron chi connectivity index (χ4n) is 3.21. The van der Waals surface area contributed by atoms with Crippen LogP contribution >= 0.6 is 0 Å². The lowest BCUT2D eigenvalue weighted by molar-refractivity contribution is 0.0946. The van der Waals surface area contributed by atoms with Crippen molar-refractivity contribution in [1.29, 1.82) is 0 Å². The Morgan fingerprint density at radius 1 is 1.08 bits per heavy atom. The van der Waals surface area contributed by atoms with E-state index < -0.39 is 0 Å². The first-order chi connectivity index (χ1) is 11.8. The standard InChI is InChI=1S/C20H25N3O/c1-2-21-19-9-8-16-14-18(7-6-17(16)15-19)20(24)22-10-13-23-11-4-3-5-12-23/h2,6-9,14-15,21H,1,3-5,10-13H2,(H,22,24). The molecule has 2 aromatic rings. The molecule has 1 aliphatic rings. The van der Waals surface area contributed by atoms with Gasteiger partial charge in [-0.2, -0.15) is 0 Å². The summed E-state index contributed by atoms with van der Waals surface area (Å²) < 4.78 is 0. The number of hydrogen-bond donors (Lipinski definition) is 2. The van der Waals surface area contributed by atoms with Crippen molar-refractivity contribution in [3.05, 3.63) is 54.7 Å². The second kappa shape index (κ2) is 7.97. The predicted molar refractivity (Wildman–Crippen MR) is 100 cm³/mol. The highest BCUT2D eigenvalue weighted by molar-refractivity contribution is 5.99. The maximum absolute atomic E-state index is 12.3. The minimum absolute atomic E-state index is 0.00204. The van der Waals surface area contributed by atoms with Crippen molar-refractivity contribution in [2.75, 3.05) is 31.5 Å². The Kier molecular flexibility index (Phi) is 5.49. The summed E-state index contributed by atoms with van der Waals surface area (Å²) >= 11 is 0. The van der Waals surface area contributed by atoms with Crippen LogP contribution in [0.5, 0.6) is 0 Å². The molecule has 0 radical (unpaired) electrons. The van der Waals surface area contributed by atoms with Crippen LogP contribution in [0.15, 0.2) is 49.2 Å². The van der Waals surface area contributed by atoms with Gasteiger partial charge in [-0.15, -0.1) is 0 Å². The molecule has 0 atom stereocenters. The second-order valence-electron chi connectivity index (χ2n) is 6.28. The van der Waals surface area contributed by atoms with E-state index in [0.717, 1.165) is 36.1 Å². The van der Waals surface area contributed by atoms with Crippen LogP contribution in [-0.2, 0) is 0 Å². The molecule has 2 aromatic carbocycles. The molecule has 1 fully saturated rings. The van der Waals surface area contributed by atoms with Crippen LogP contribution in [-0.4, -0.2) is 37.0 Å². The van der Waals surface area contributed by atoms with Gasteiger partial charge in [0.2, 0.25) is 0 Å². The molecule has 0 unspecified atom stereocenters. The molecule has 0 aliphatic carbocycles. The summed E-state index contributed by atoms with van der Waals surface area (Å²) in [6.07, 6.45) is 5.55. The predicted octanol–water partition coefficient (Wildman–Crippen LogP) is 3.61. The minimum Gasteiger partial charge on any atom is -0.362 e. The van der Waals surface area contributed by atoms with E-state index in [1.807, 2.05) is 30.3 Å². The molecule has 0 aromatic heterocycles. The van der Waals surface area contributed by atoms with Gasteiger partial charge in [0.25, 0.3) is 5.91 Å². The highest BCUT2D eigenvalue weighted by atomic mass is 16.1. The van der Waals surface area contributed by atoms with Crippen molar-refractivity contribution in [3.8, 4) is 0 Å². The maximum atomic E-state index is 12.3. The zero-order valence-corrected chi connectivity index (χ0v) is 14.1. The molecule has 4 nitrogen and oxygen atoms in total. The third kappa shape index (κ3) is 4.15. The molecule has 1 heterocycles. The van der Waals surface area contributed by atoms with Crippen molar-refractivity contribution in [1.82, 2.24) is 10.2 Å². The van der Waals surface area contributed by atoms with Crippen molar-refractivity contribution < 1.29 is 4.79 Å². The molecule has 24 heavy (non-hydrogen) atoms. The summed E-state index contributed by atoms with van der Waals surface area (Å²) in [5, 5.41) is 8.28. The van der Waals surface area contributed by atoms with E-state index in [1.54, 1.807) is 6.20 Å². The molecule has 1 saturated heterocycles. The number of nitrogens with zero attached hydrogens (tertiary/aromatic N) is 1. The van der Waals surface area contributed by atoms with Gasteiger partial charge in [0.05, 0.1) is 0 Å². The van der Waals surface area contributed by atoms with E-state index in [2.05, 4.69) is 28.2 Å². The van der Waals surface area contributed by atoms with E-state index in [4.69, 9.17) is 0 Å². The number of amides is 1. The average molecular weight is 323 g/mol. The first-order valence-electron chi connectivity index (χ1n) is 8.68. The van der Waals surface area contributed by atoms with Crippen LogP contribution in [0.25, 0.3) is 10.8 Å². The number of carbonyl (C=O) groups excluding carboxylic acids is 1. The summed E-state index contributed by atoms with van der Waals surface area (Å²) in [4.78, 5) is 14.8. The smallest absolute Gasteiger partial charge is 0.251 e. The third-order valence-corrected chi connectivity index (χ3v) is 4.53. The summed E-state index contributed by atoms with van der Waals surface area (Å²) in [5.41, 5.74) is 1.71. The van der Waals surface area contributed by atoms with E-state index in [0.29, 0.717) is 12.1 Å². The number of nitrogens with one attached hydrogen (secondary N) is 2. The Hall–Kier alpha value is -2.33. The third-order valence-electron chi connectivity index (χ3n) is 4.53. The fraction of sp³-hybridized carbons (Fsp3) is 0.350. The highest BCUT2D eigenvalue weighted by Gasteiger charge is 2.11. The number of hydrogen-bond acceptors (Lipinski definition) is 3. The molecule has 3 rings (SSSR count). The fourth-order valence-corrected chi connectivity index (χ4v) is 3.21. The maximum Gasteiger partial charge on any atom is 0.251 e. The Balaban J connectivity index is 1.59. The van der Waals surface area contributed by atoms with Crippen LogP contribution in [0.4, 0.5) is 5.69 Å². The summed E-state index contributed by atoms with van der Waals surface area (Å²) in [7, 11) is 0. The molecular weight excluding hydrogens is 298 g/mol. The van der Waals surface area contributed by atoms with Crippen molar-refractivity contribution in [3.63, 3.8) is 0 Å². The zero-order chi connectivity index (χ0) is 16.8. The summed E-state index contributed by atoms with van der Waals surface area (Å²) in [6.45, 7) is 7.64. The first kappa shape index (κ1) is 16.5. The number of piperidine rings is 1.